The highest BCUT2D eigenvalue weighted by molar-refractivity contribution is 6.13. The number of hydrogen-bond donors (Lipinski definition) is 1. The van der Waals surface area contributed by atoms with E-state index in [0.717, 1.165) is 0 Å². The maximum absolute atomic E-state index is 12.4. The number of ketones is 1. The Morgan fingerprint density at radius 1 is 1.18 bits per heavy atom. The van der Waals surface area contributed by atoms with Crippen LogP contribution in [0.15, 0.2) is 42.7 Å². The van der Waals surface area contributed by atoms with Gasteiger partial charge in [-0.3, -0.25) is 14.6 Å². The first kappa shape index (κ1) is 13.9. The van der Waals surface area contributed by atoms with Gasteiger partial charge in [-0.1, -0.05) is 18.2 Å². The van der Waals surface area contributed by atoms with Gasteiger partial charge in [0.1, 0.15) is 0 Å². The van der Waals surface area contributed by atoms with Gasteiger partial charge in [-0.05, 0) is 17.7 Å². The Morgan fingerprint density at radius 2 is 1.91 bits per heavy atom. The molecule has 6 nitrogen and oxygen atoms in total. The van der Waals surface area contributed by atoms with Gasteiger partial charge in [0.2, 0.25) is 0 Å². The summed E-state index contributed by atoms with van der Waals surface area (Å²) in [6.45, 7) is 0.125. The summed E-state index contributed by atoms with van der Waals surface area (Å²) in [6, 6.07) is 8.14. The Balaban J connectivity index is 1.88. The lowest BCUT2D eigenvalue weighted by molar-refractivity contribution is 0.0669. The summed E-state index contributed by atoms with van der Waals surface area (Å²) in [6.07, 6.45) is 2.73. The molecule has 0 aliphatic carbocycles. The molecular formula is C16H12N2O4. The van der Waals surface area contributed by atoms with Gasteiger partial charge in [0.15, 0.2) is 5.78 Å². The standard InChI is InChI=1S/C16H12N2O4/c19-14-9-18(15(20)13-4-2-1-3-12(13)14)8-10-5-11(16(21)22)7-17-6-10/h1-7H,8-9H2,(H,21,22). The topological polar surface area (TPSA) is 87.6 Å². The smallest absolute Gasteiger partial charge is 0.337 e. The summed E-state index contributed by atoms with van der Waals surface area (Å²) in [4.78, 5) is 40.7. The number of aromatic carboxylic acids is 1. The van der Waals surface area contributed by atoms with Gasteiger partial charge < -0.3 is 10.0 Å². The monoisotopic (exact) mass is 296 g/mol. The van der Waals surface area contributed by atoms with Crippen LogP contribution in [0.5, 0.6) is 0 Å². The summed E-state index contributed by atoms with van der Waals surface area (Å²) in [5.74, 6) is -1.45. The molecule has 1 aliphatic heterocycles. The number of carbonyl (C=O) groups excluding carboxylic acids is 2. The summed E-state index contributed by atoms with van der Waals surface area (Å²) in [5.41, 5.74) is 1.43. The van der Waals surface area contributed by atoms with Crippen LogP contribution >= 0.6 is 0 Å². The summed E-state index contributed by atoms with van der Waals surface area (Å²) < 4.78 is 0. The first-order valence-corrected chi connectivity index (χ1v) is 6.65. The van der Waals surface area contributed by atoms with Gasteiger partial charge in [-0.2, -0.15) is 0 Å². The summed E-state index contributed by atoms with van der Waals surface area (Å²) >= 11 is 0. The Kier molecular flexibility index (Phi) is 3.42. The molecule has 1 aromatic heterocycles. The molecule has 0 atom stereocenters. The lowest BCUT2D eigenvalue weighted by Gasteiger charge is -2.27. The van der Waals surface area contributed by atoms with E-state index in [1.54, 1.807) is 24.3 Å². The molecule has 1 amide bonds. The molecule has 0 radical (unpaired) electrons. The summed E-state index contributed by atoms with van der Waals surface area (Å²) in [7, 11) is 0. The molecule has 1 aromatic carbocycles. The Morgan fingerprint density at radius 3 is 2.64 bits per heavy atom. The van der Waals surface area contributed by atoms with Crippen molar-refractivity contribution < 1.29 is 19.5 Å². The van der Waals surface area contributed by atoms with Crippen LogP contribution < -0.4 is 0 Å². The van der Waals surface area contributed by atoms with Crippen molar-refractivity contribution in [2.24, 2.45) is 0 Å². The highest BCUT2D eigenvalue weighted by Crippen LogP contribution is 2.20. The highest BCUT2D eigenvalue weighted by Gasteiger charge is 2.29. The Labute approximate surface area is 126 Å². The first-order valence-electron chi connectivity index (χ1n) is 6.65. The normalized spacial score (nSPS) is 13.9. The van der Waals surface area contributed by atoms with Crippen molar-refractivity contribution in [3.63, 3.8) is 0 Å². The van der Waals surface area contributed by atoms with Crippen molar-refractivity contribution in [3.8, 4) is 0 Å². The van der Waals surface area contributed by atoms with Crippen molar-refractivity contribution in [2.75, 3.05) is 6.54 Å². The number of pyridine rings is 1. The molecule has 0 spiro atoms. The highest BCUT2D eigenvalue weighted by atomic mass is 16.4. The van der Waals surface area contributed by atoms with E-state index in [2.05, 4.69) is 4.98 Å². The van der Waals surface area contributed by atoms with Crippen molar-refractivity contribution in [2.45, 2.75) is 6.54 Å². The van der Waals surface area contributed by atoms with Gasteiger partial charge in [0, 0.05) is 24.5 Å². The molecule has 0 fully saturated rings. The fourth-order valence-electron chi connectivity index (χ4n) is 2.45. The molecular weight excluding hydrogens is 284 g/mol. The molecule has 110 valence electrons. The van der Waals surface area contributed by atoms with E-state index in [0.29, 0.717) is 16.7 Å². The molecule has 0 saturated heterocycles. The molecule has 22 heavy (non-hydrogen) atoms. The maximum atomic E-state index is 12.4. The molecule has 2 heterocycles. The zero-order chi connectivity index (χ0) is 15.7. The minimum atomic E-state index is -1.08. The van der Waals surface area contributed by atoms with Gasteiger partial charge in [-0.15, -0.1) is 0 Å². The number of carboxylic acid groups (broad SMARTS) is 1. The average molecular weight is 296 g/mol. The van der Waals surface area contributed by atoms with E-state index in [1.165, 1.54) is 23.4 Å². The molecule has 0 bridgehead atoms. The SMILES string of the molecule is O=C(O)c1cncc(CN2CC(=O)c3ccccc3C2=O)c1. The van der Waals surface area contributed by atoms with Crippen LogP contribution in [-0.2, 0) is 6.54 Å². The lowest BCUT2D eigenvalue weighted by atomic mass is 9.97. The van der Waals surface area contributed by atoms with E-state index in [4.69, 9.17) is 5.11 Å². The molecule has 6 heteroatoms. The number of nitrogens with zero attached hydrogens (tertiary/aromatic N) is 2. The maximum Gasteiger partial charge on any atom is 0.337 e. The number of rotatable bonds is 3. The largest absolute Gasteiger partial charge is 0.478 e. The fourth-order valence-corrected chi connectivity index (χ4v) is 2.45. The van der Waals surface area contributed by atoms with Crippen LogP contribution in [0.2, 0.25) is 0 Å². The first-order chi connectivity index (χ1) is 10.6. The van der Waals surface area contributed by atoms with Gasteiger partial charge >= 0.3 is 5.97 Å². The second kappa shape index (κ2) is 5.40. The van der Waals surface area contributed by atoms with Gasteiger partial charge in [0.25, 0.3) is 5.91 Å². The average Bonchev–Trinajstić information content (AvgIpc) is 2.52. The van der Waals surface area contributed by atoms with E-state index in [9.17, 15) is 14.4 Å². The minimum absolute atomic E-state index is 0.0207. The number of Topliss-reactive ketones (excluding diaryl/α,β-unsaturated/α-hetero) is 1. The predicted molar refractivity (Wildman–Crippen MR) is 76.7 cm³/mol. The van der Waals surface area contributed by atoms with E-state index < -0.39 is 5.97 Å². The number of amides is 1. The van der Waals surface area contributed by atoms with Crippen LogP contribution in [0.3, 0.4) is 0 Å². The second-order valence-electron chi connectivity index (χ2n) is 5.02. The third-order valence-electron chi connectivity index (χ3n) is 3.49. The van der Waals surface area contributed by atoms with E-state index >= 15 is 0 Å². The third-order valence-corrected chi connectivity index (χ3v) is 3.49. The zero-order valence-corrected chi connectivity index (χ0v) is 11.5. The van der Waals surface area contributed by atoms with E-state index in [1.807, 2.05) is 0 Å². The number of hydrogen-bond acceptors (Lipinski definition) is 4. The third kappa shape index (κ3) is 2.46. The van der Waals surface area contributed by atoms with Crippen molar-refractivity contribution in [3.05, 3.63) is 65.0 Å². The molecule has 2 aromatic rings. The molecule has 0 saturated carbocycles. The van der Waals surface area contributed by atoms with Crippen molar-refractivity contribution in [1.29, 1.82) is 0 Å². The fraction of sp³-hybridized carbons (Fsp3) is 0.125. The van der Waals surface area contributed by atoms with Gasteiger partial charge in [0.05, 0.1) is 17.7 Å². The quantitative estimate of drug-likeness (QED) is 0.930. The van der Waals surface area contributed by atoms with Crippen LogP contribution in [-0.4, -0.2) is 39.2 Å². The number of benzene rings is 1. The number of carboxylic acids is 1. The molecule has 1 N–H and O–H groups in total. The Hall–Kier alpha value is -3.02. The minimum Gasteiger partial charge on any atom is -0.478 e. The van der Waals surface area contributed by atoms with Crippen molar-refractivity contribution >= 4 is 17.7 Å². The van der Waals surface area contributed by atoms with Crippen LogP contribution in [0.1, 0.15) is 36.6 Å². The predicted octanol–water partition coefficient (Wildman–Crippen LogP) is 1.62. The lowest BCUT2D eigenvalue weighted by Crippen LogP contribution is -2.40. The van der Waals surface area contributed by atoms with Crippen molar-refractivity contribution in [1.82, 2.24) is 9.88 Å². The van der Waals surface area contributed by atoms with E-state index in [-0.39, 0.29) is 30.3 Å². The molecule has 1 aliphatic rings. The van der Waals surface area contributed by atoms with Gasteiger partial charge in [-0.25, -0.2) is 4.79 Å². The zero-order valence-electron chi connectivity index (χ0n) is 11.5. The van der Waals surface area contributed by atoms with Crippen LogP contribution in [0.4, 0.5) is 0 Å². The number of fused-ring (bicyclic) bond motifs is 1. The number of aromatic nitrogens is 1. The molecule has 0 unspecified atom stereocenters. The summed E-state index contributed by atoms with van der Waals surface area (Å²) in [5, 5.41) is 8.96. The number of carbonyl (C=O) groups is 3. The second-order valence-corrected chi connectivity index (χ2v) is 5.02. The Bertz CT molecular complexity index is 785. The molecule has 3 rings (SSSR count). The van der Waals surface area contributed by atoms with Crippen LogP contribution in [0.25, 0.3) is 0 Å². The van der Waals surface area contributed by atoms with Crippen LogP contribution in [0, 0.1) is 0 Å².